The third-order valence-corrected chi connectivity index (χ3v) is 4.35. The second-order valence-corrected chi connectivity index (χ2v) is 6.24. The monoisotopic (exact) mass is 390 g/mol. The molecule has 0 heterocycles. The lowest BCUT2D eigenvalue weighted by Crippen LogP contribution is -2.14. The zero-order valence-electron chi connectivity index (χ0n) is 16.4. The molecule has 0 spiro atoms. The normalized spacial score (nSPS) is 10.3. The third kappa shape index (κ3) is 5.02. The van der Waals surface area contributed by atoms with Crippen LogP contribution < -0.4 is 9.47 Å². The molecule has 0 fully saturated rings. The maximum absolute atomic E-state index is 12.4. The number of rotatable bonds is 8. The standard InChI is InChI=1S/C24H22O5/c1-3-28-23-15-20(13-14-22(23)27-2)24(26)29-16-21(25)19-11-9-18(10-12-19)17-7-5-4-6-8-17/h4-15H,3,16H2,1-2H3. The molecule has 0 saturated carbocycles. The van der Waals surface area contributed by atoms with Gasteiger partial charge in [-0.15, -0.1) is 0 Å². The molecule has 0 aromatic heterocycles. The highest BCUT2D eigenvalue weighted by molar-refractivity contribution is 5.99. The van der Waals surface area contributed by atoms with Crippen LogP contribution in [-0.2, 0) is 4.74 Å². The zero-order valence-corrected chi connectivity index (χ0v) is 16.4. The summed E-state index contributed by atoms with van der Waals surface area (Å²) in [4.78, 5) is 24.7. The molecule has 0 radical (unpaired) electrons. The molecule has 0 aliphatic heterocycles. The van der Waals surface area contributed by atoms with Crippen LogP contribution in [-0.4, -0.2) is 32.1 Å². The molecule has 0 N–H and O–H groups in total. The Kier molecular flexibility index (Phi) is 6.63. The molecule has 3 rings (SSSR count). The molecule has 0 unspecified atom stereocenters. The molecule has 0 aliphatic carbocycles. The first kappa shape index (κ1) is 20.1. The fraction of sp³-hybridized carbons (Fsp3) is 0.167. The molecule has 3 aromatic rings. The summed E-state index contributed by atoms with van der Waals surface area (Å²) in [6.45, 7) is 1.94. The molecule has 5 heteroatoms. The number of hydrogen-bond acceptors (Lipinski definition) is 5. The van der Waals surface area contributed by atoms with E-state index in [0.29, 0.717) is 29.2 Å². The lowest BCUT2D eigenvalue weighted by Gasteiger charge is -2.11. The number of benzene rings is 3. The molecule has 0 amide bonds. The van der Waals surface area contributed by atoms with E-state index in [0.717, 1.165) is 11.1 Å². The highest BCUT2D eigenvalue weighted by Gasteiger charge is 2.15. The van der Waals surface area contributed by atoms with E-state index >= 15 is 0 Å². The van der Waals surface area contributed by atoms with Crippen molar-refractivity contribution in [2.75, 3.05) is 20.3 Å². The Labute approximate surface area is 169 Å². The Balaban J connectivity index is 1.63. The van der Waals surface area contributed by atoms with Crippen molar-refractivity contribution in [2.24, 2.45) is 0 Å². The number of ketones is 1. The zero-order chi connectivity index (χ0) is 20.6. The average molecular weight is 390 g/mol. The van der Waals surface area contributed by atoms with Gasteiger partial charge in [-0.1, -0.05) is 54.6 Å². The third-order valence-electron chi connectivity index (χ3n) is 4.35. The number of hydrogen-bond donors (Lipinski definition) is 0. The number of esters is 1. The molecule has 29 heavy (non-hydrogen) atoms. The first-order chi connectivity index (χ1) is 14.1. The number of methoxy groups -OCH3 is 1. The predicted octanol–water partition coefficient (Wildman–Crippen LogP) is 4.80. The fourth-order valence-electron chi connectivity index (χ4n) is 2.85. The van der Waals surface area contributed by atoms with Gasteiger partial charge in [0.15, 0.2) is 23.9 Å². The number of Topliss-reactive ketones (excluding diaryl/α,β-unsaturated/α-hetero) is 1. The highest BCUT2D eigenvalue weighted by atomic mass is 16.5. The van der Waals surface area contributed by atoms with Crippen LogP contribution in [0.25, 0.3) is 11.1 Å². The van der Waals surface area contributed by atoms with E-state index in [1.807, 2.05) is 49.4 Å². The van der Waals surface area contributed by atoms with Crippen molar-refractivity contribution in [3.8, 4) is 22.6 Å². The van der Waals surface area contributed by atoms with Crippen LogP contribution in [0.2, 0.25) is 0 Å². The molecule has 3 aromatic carbocycles. The van der Waals surface area contributed by atoms with Gasteiger partial charge in [0, 0.05) is 5.56 Å². The van der Waals surface area contributed by atoms with Crippen LogP contribution in [0.3, 0.4) is 0 Å². The summed E-state index contributed by atoms with van der Waals surface area (Å²) >= 11 is 0. The average Bonchev–Trinajstić information content (AvgIpc) is 2.78. The summed E-state index contributed by atoms with van der Waals surface area (Å²) < 4.78 is 15.8. The minimum absolute atomic E-state index is 0.267. The van der Waals surface area contributed by atoms with Gasteiger partial charge < -0.3 is 14.2 Å². The van der Waals surface area contributed by atoms with Crippen LogP contribution in [0.1, 0.15) is 27.6 Å². The number of ether oxygens (including phenoxy) is 3. The largest absolute Gasteiger partial charge is 0.493 e. The SMILES string of the molecule is CCOc1cc(C(=O)OCC(=O)c2ccc(-c3ccccc3)cc2)ccc1OC. The second-order valence-electron chi connectivity index (χ2n) is 6.24. The Hall–Kier alpha value is -3.60. The van der Waals surface area contributed by atoms with Crippen molar-refractivity contribution in [2.45, 2.75) is 6.92 Å². The summed E-state index contributed by atoms with van der Waals surface area (Å²) in [6.07, 6.45) is 0. The van der Waals surface area contributed by atoms with E-state index in [4.69, 9.17) is 14.2 Å². The first-order valence-electron chi connectivity index (χ1n) is 9.29. The topological polar surface area (TPSA) is 61.8 Å². The van der Waals surface area contributed by atoms with Crippen LogP contribution in [0, 0.1) is 0 Å². The smallest absolute Gasteiger partial charge is 0.338 e. The first-order valence-corrected chi connectivity index (χ1v) is 9.29. The van der Waals surface area contributed by atoms with E-state index in [1.54, 1.807) is 30.3 Å². The molecular weight excluding hydrogens is 368 g/mol. The lowest BCUT2D eigenvalue weighted by molar-refractivity contribution is 0.0474. The minimum atomic E-state index is -0.595. The summed E-state index contributed by atoms with van der Waals surface area (Å²) in [5, 5.41) is 0. The Morgan fingerprint density at radius 3 is 2.10 bits per heavy atom. The highest BCUT2D eigenvalue weighted by Crippen LogP contribution is 2.28. The van der Waals surface area contributed by atoms with Crippen molar-refractivity contribution in [1.82, 2.24) is 0 Å². The maximum atomic E-state index is 12.4. The van der Waals surface area contributed by atoms with Crippen LogP contribution in [0.15, 0.2) is 72.8 Å². The molecule has 0 saturated heterocycles. The quantitative estimate of drug-likeness (QED) is 0.408. The summed E-state index contributed by atoms with van der Waals surface area (Å²) in [5.41, 5.74) is 2.87. The van der Waals surface area contributed by atoms with Crippen molar-refractivity contribution >= 4 is 11.8 Å². The van der Waals surface area contributed by atoms with Crippen molar-refractivity contribution in [3.63, 3.8) is 0 Å². The predicted molar refractivity (Wildman–Crippen MR) is 111 cm³/mol. The van der Waals surface area contributed by atoms with Gasteiger partial charge in [-0.2, -0.15) is 0 Å². The van der Waals surface area contributed by atoms with Crippen molar-refractivity contribution in [1.29, 1.82) is 0 Å². The maximum Gasteiger partial charge on any atom is 0.338 e. The van der Waals surface area contributed by atoms with Crippen molar-refractivity contribution < 1.29 is 23.8 Å². The summed E-state index contributed by atoms with van der Waals surface area (Å²) in [5.74, 6) is 0.115. The van der Waals surface area contributed by atoms with E-state index in [1.165, 1.54) is 7.11 Å². The fourth-order valence-corrected chi connectivity index (χ4v) is 2.85. The summed E-state index contributed by atoms with van der Waals surface area (Å²) in [6, 6.07) is 21.9. The minimum Gasteiger partial charge on any atom is -0.493 e. The van der Waals surface area contributed by atoms with Crippen LogP contribution in [0.4, 0.5) is 0 Å². The number of carbonyl (C=O) groups excluding carboxylic acids is 2. The molecule has 5 nitrogen and oxygen atoms in total. The molecule has 0 atom stereocenters. The van der Waals surface area contributed by atoms with Gasteiger partial charge in [0.1, 0.15) is 0 Å². The van der Waals surface area contributed by atoms with E-state index in [2.05, 4.69) is 0 Å². The lowest BCUT2D eigenvalue weighted by atomic mass is 10.0. The Morgan fingerprint density at radius 1 is 0.793 bits per heavy atom. The van der Waals surface area contributed by atoms with Gasteiger partial charge in [0.05, 0.1) is 19.3 Å². The van der Waals surface area contributed by atoms with Gasteiger partial charge in [-0.3, -0.25) is 4.79 Å². The summed E-state index contributed by atoms with van der Waals surface area (Å²) in [7, 11) is 1.53. The van der Waals surface area contributed by atoms with Gasteiger partial charge in [0.25, 0.3) is 0 Å². The van der Waals surface area contributed by atoms with Gasteiger partial charge in [-0.05, 0) is 36.2 Å². The Bertz CT molecular complexity index is 978. The van der Waals surface area contributed by atoms with Gasteiger partial charge in [0.2, 0.25) is 0 Å². The Morgan fingerprint density at radius 2 is 1.45 bits per heavy atom. The molecule has 148 valence electrons. The molecule has 0 aliphatic rings. The van der Waals surface area contributed by atoms with Gasteiger partial charge in [-0.25, -0.2) is 4.79 Å². The van der Waals surface area contributed by atoms with Crippen LogP contribution in [0.5, 0.6) is 11.5 Å². The molecular formula is C24H22O5. The van der Waals surface area contributed by atoms with E-state index in [-0.39, 0.29) is 12.4 Å². The van der Waals surface area contributed by atoms with E-state index < -0.39 is 5.97 Å². The van der Waals surface area contributed by atoms with Gasteiger partial charge >= 0.3 is 5.97 Å². The van der Waals surface area contributed by atoms with Crippen molar-refractivity contribution in [3.05, 3.63) is 83.9 Å². The van der Waals surface area contributed by atoms with Crippen LogP contribution >= 0.6 is 0 Å². The van der Waals surface area contributed by atoms with E-state index in [9.17, 15) is 9.59 Å². The second kappa shape index (κ2) is 9.55. The molecule has 0 bridgehead atoms. The number of carbonyl (C=O) groups is 2.